The predicted octanol–water partition coefficient (Wildman–Crippen LogP) is 2.68. The topological polar surface area (TPSA) is 83.7 Å². The van der Waals surface area contributed by atoms with E-state index in [0.29, 0.717) is 11.4 Å². The lowest BCUT2D eigenvalue weighted by atomic mass is 10.1. The highest BCUT2D eigenvalue weighted by Crippen LogP contribution is 2.17. The fourth-order valence-electron chi connectivity index (χ4n) is 2.57. The van der Waals surface area contributed by atoms with E-state index in [1.807, 2.05) is 24.3 Å². The van der Waals surface area contributed by atoms with Crippen LogP contribution in [0.1, 0.15) is 30.2 Å². The molecule has 0 aliphatic rings. The van der Waals surface area contributed by atoms with Gasteiger partial charge in [-0.05, 0) is 42.7 Å². The smallest absolute Gasteiger partial charge is 0.191 e. The molecule has 0 spiro atoms. The Morgan fingerprint density at radius 1 is 1.19 bits per heavy atom. The van der Waals surface area contributed by atoms with Crippen LogP contribution in [0.15, 0.2) is 50.9 Å². The third-order valence-corrected chi connectivity index (χ3v) is 5.10. The predicted molar refractivity (Wildman–Crippen MR) is 104 cm³/mol. The van der Waals surface area contributed by atoms with E-state index < -0.39 is 9.84 Å². The summed E-state index contributed by atoms with van der Waals surface area (Å²) in [5, 5.41) is 6.58. The van der Waals surface area contributed by atoms with Crippen molar-refractivity contribution in [3.63, 3.8) is 0 Å². The van der Waals surface area contributed by atoms with E-state index in [0.717, 1.165) is 48.8 Å². The molecule has 0 radical (unpaired) electrons. The third kappa shape index (κ3) is 6.22. The molecule has 2 N–H and O–H groups in total. The monoisotopic (exact) mass is 377 g/mol. The summed E-state index contributed by atoms with van der Waals surface area (Å²) >= 11 is 0. The Morgan fingerprint density at radius 2 is 1.96 bits per heavy atom. The lowest BCUT2D eigenvalue weighted by molar-refractivity contribution is 0.506. The van der Waals surface area contributed by atoms with E-state index in [4.69, 9.17) is 4.42 Å². The zero-order chi connectivity index (χ0) is 19.0. The standard InChI is InChI=1S/C19H27N3O3S/c1-4-10-20-19(21-11-9-17-6-5-12-25-17)22-14-16-7-8-18(15(2)13-16)26(3,23)24/h5-8,12-13H,4,9-11,14H2,1-3H3,(H2,20,21,22). The van der Waals surface area contributed by atoms with Crippen LogP contribution in [0.2, 0.25) is 0 Å². The lowest BCUT2D eigenvalue weighted by Crippen LogP contribution is -2.38. The molecule has 1 aromatic heterocycles. The lowest BCUT2D eigenvalue weighted by Gasteiger charge is -2.12. The Labute approximate surface area is 155 Å². The zero-order valence-electron chi connectivity index (χ0n) is 15.6. The molecule has 7 heteroatoms. The van der Waals surface area contributed by atoms with Crippen LogP contribution in [0.4, 0.5) is 0 Å². The fourth-order valence-corrected chi connectivity index (χ4v) is 3.53. The van der Waals surface area contributed by atoms with Gasteiger partial charge in [-0.1, -0.05) is 19.1 Å². The van der Waals surface area contributed by atoms with Gasteiger partial charge in [0.25, 0.3) is 0 Å². The Balaban J connectivity index is 2.00. The molecule has 0 unspecified atom stereocenters. The first-order chi connectivity index (χ1) is 12.4. The highest BCUT2D eigenvalue weighted by atomic mass is 32.2. The van der Waals surface area contributed by atoms with E-state index in [1.165, 1.54) is 6.26 Å². The summed E-state index contributed by atoms with van der Waals surface area (Å²) in [5.74, 6) is 1.67. The maximum atomic E-state index is 11.7. The van der Waals surface area contributed by atoms with E-state index in [9.17, 15) is 8.42 Å². The van der Waals surface area contributed by atoms with Crippen molar-refractivity contribution in [1.82, 2.24) is 10.6 Å². The van der Waals surface area contributed by atoms with Gasteiger partial charge in [-0.2, -0.15) is 0 Å². The maximum absolute atomic E-state index is 11.7. The summed E-state index contributed by atoms with van der Waals surface area (Å²) in [7, 11) is -3.20. The van der Waals surface area contributed by atoms with E-state index in [2.05, 4.69) is 22.5 Å². The second kappa shape index (κ2) is 9.43. The summed E-state index contributed by atoms with van der Waals surface area (Å²) in [5.41, 5.74) is 1.72. The van der Waals surface area contributed by atoms with Gasteiger partial charge in [0.05, 0.1) is 17.7 Å². The summed E-state index contributed by atoms with van der Waals surface area (Å²) in [6.07, 6.45) is 4.67. The molecule has 0 atom stereocenters. The summed E-state index contributed by atoms with van der Waals surface area (Å²) < 4.78 is 28.7. The number of hydrogen-bond acceptors (Lipinski definition) is 4. The highest BCUT2D eigenvalue weighted by molar-refractivity contribution is 7.90. The van der Waals surface area contributed by atoms with Crippen molar-refractivity contribution in [2.45, 2.75) is 38.1 Å². The van der Waals surface area contributed by atoms with Crippen molar-refractivity contribution in [1.29, 1.82) is 0 Å². The van der Waals surface area contributed by atoms with Gasteiger partial charge < -0.3 is 15.1 Å². The number of guanidine groups is 1. The molecule has 2 rings (SSSR count). The number of aliphatic imine (C=N–C) groups is 1. The van der Waals surface area contributed by atoms with Gasteiger partial charge in [-0.15, -0.1) is 0 Å². The molecular formula is C19H27N3O3S. The van der Waals surface area contributed by atoms with E-state index in [1.54, 1.807) is 19.3 Å². The van der Waals surface area contributed by atoms with Crippen LogP contribution in [0, 0.1) is 6.92 Å². The molecule has 142 valence electrons. The van der Waals surface area contributed by atoms with Crippen LogP contribution >= 0.6 is 0 Å². The molecule has 6 nitrogen and oxygen atoms in total. The van der Waals surface area contributed by atoms with E-state index >= 15 is 0 Å². The molecule has 1 heterocycles. The van der Waals surface area contributed by atoms with Gasteiger partial charge in [-0.3, -0.25) is 0 Å². The fraction of sp³-hybridized carbons (Fsp3) is 0.421. The van der Waals surface area contributed by atoms with Gasteiger partial charge in [0.2, 0.25) is 0 Å². The molecule has 0 saturated heterocycles. The maximum Gasteiger partial charge on any atom is 0.191 e. The SMILES string of the molecule is CCCNC(=NCc1ccc(S(C)(=O)=O)c(C)c1)NCCc1ccco1. The molecule has 1 aromatic carbocycles. The molecule has 2 aromatic rings. The number of hydrogen-bond donors (Lipinski definition) is 2. The van der Waals surface area contributed by atoms with Crippen molar-refractivity contribution in [3.05, 3.63) is 53.5 Å². The quantitative estimate of drug-likeness (QED) is 0.546. The molecule has 26 heavy (non-hydrogen) atoms. The molecule has 0 aliphatic carbocycles. The average Bonchev–Trinajstić information content (AvgIpc) is 3.09. The van der Waals surface area contributed by atoms with Crippen molar-refractivity contribution < 1.29 is 12.8 Å². The Kier molecular flexibility index (Phi) is 7.26. The third-order valence-electron chi connectivity index (χ3n) is 3.84. The summed E-state index contributed by atoms with van der Waals surface area (Å²) in [6, 6.07) is 9.17. The van der Waals surface area contributed by atoms with Crippen LogP contribution < -0.4 is 10.6 Å². The van der Waals surface area contributed by atoms with Crippen LogP contribution in [0.3, 0.4) is 0 Å². The van der Waals surface area contributed by atoms with Crippen molar-refractivity contribution >= 4 is 15.8 Å². The zero-order valence-corrected chi connectivity index (χ0v) is 16.4. The van der Waals surface area contributed by atoms with Gasteiger partial charge in [0.15, 0.2) is 15.8 Å². The number of nitrogens with zero attached hydrogens (tertiary/aromatic N) is 1. The normalized spacial score (nSPS) is 12.2. The summed E-state index contributed by atoms with van der Waals surface area (Å²) in [4.78, 5) is 4.96. The van der Waals surface area contributed by atoms with Gasteiger partial charge in [0.1, 0.15) is 5.76 Å². The Bertz CT molecular complexity index is 828. The minimum absolute atomic E-state index is 0.367. The van der Waals surface area contributed by atoms with Crippen LogP contribution in [0.25, 0.3) is 0 Å². The first-order valence-corrected chi connectivity index (χ1v) is 10.6. The van der Waals surface area contributed by atoms with E-state index in [-0.39, 0.29) is 0 Å². The molecule has 0 saturated carbocycles. The minimum Gasteiger partial charge on any atom is -0.469 e. The highest BCUT2D eigenvalue weighted by Gasteiger charge is 2.10. The number of rotatable bonds is 8. The second-order valence-electron chi connectivity index (χ2n) is 6.22. The largest absolute Gasteiger partial charge is 0.469 e. The number of benzene rings is 1. The molecular weight excluding hydrogens is 350 g/mol. The van der Waals surface area contributed by atoms with Gasteiger partial charge >= 0.3 is 0 Å². The average molecular weight is 378 g/mol. The Morgan fingerprint density at radius 3 is 2.58 bits per heavy atom. The number of furan rings is 1. The number of nitrogens with one attached hydrogen (secondary N) is 2. The first-order valence-electron chi connectivity index (χ1n) is 8.74. The second-order valence-corrected chi connectivity index (χ2v) is 8.20. The first kappa shape index (κ1) is 20.0. The Hall–Kier alpha value is -2.28. The van der Waals surface area contributed by atoms with Crippen LogP contribution in [-0.2, 0) is 22.8 Å². The molecule has 0 fully saturated rings. The summed E-state index contributed by atoms with van der Waals surface area (Å²) in [6.45, 7) is 5.93. The minimum atomic E-state index is -3.20. The van der Waals surface area contributed by atoms with Crippen molar-refractivity contribution in [3.8, 4) is 0 Å². The van der Waals surface area contributed by atoms with Crippen molar-refractivity contribution in [2.75, 3.05) is 19.3 Å². The van der Waals surface area contributed by atoms with Gasteiger partial charge in [-0.25, -0.2) is 13.4 Å². The molecule has 0 bridgehead atoms. The number of sulfone groups is 1. The van der Waals surface area contributed by atoms with Crippen LogP contribution in [-0.4, -0.2) is 33.7 Å². The number of aryl methyl sites for hydroxylation is 1. The van der Waals surface area contributed by atoms with Crippen LogP contribution in [0.5, 0.6) is 0 Å². The van der Waals surface area contributed by atoms with Gasteiger partial charge in [0, 0.05) is 25.8 Å². The molecule has 0 amide bonds. The van der Waals surface area contributed by atoms with Crippen molar-refractivity contribution in [2.24, 2.45) is 4.99 Å². The molecule has 0 aliphatic heterocycles.